The fourth-order valence-corrected chi connectivity index (χ4v) is 4.38. The van der Waals surface area contributed by atoms with Crippen molar-refractivity contribution in [3.63, 3.8) is 0 Å². The summed E-state index contributed by atoms with van der Waals surface area (Å²) in [6, 6.07) is 2.01. The summed E-state index contributed by atoms with van der Waals surface area (Å²) in [4.78, 5) is 8.83. The first-order valence-electron chi connectivity index (χ1n) is 9.48. The summed E-state index contributed by atoms with van der Waals surface area (Å²) in [6.07, 6.45) is 1.87. The lowest BCUT2D eigenvalue weighted by Crippen LogP contribution is -2.19. The Morgan fingerprint density at radius 2 is 2.00 bits per heavy atom. The molecule has 1 saturated carbocycles. The number of rotatable bonds is 2. The molecule has 3 aromatic rings. The van der Waals surface area contributed by atoms with Crippen LogP contribution >= 0.6 is 0 Å². The van der Waals surface area contributed by atoms with Crippen LogP contribution in [-0.2, 0) is 10.9 Å². The Morgan fingerprint density at radius 3 is 2.69 bits per heavy atom. The zero-order valence-electron chi connectivity index (χ0n) is 15.7. The average molecular weight is 404 g/mol. The summed E-state index contributed by atoms with van der Waals surface area (Å²) in [5.41, 5.74) is 1.17. The van der Waals surface area contributed by atoms with Gasteiger partial charge in [-0.3, -0.25) is 4.68 Å². The number of phenols is 1. The van der Waals surface area contributed by atoms with E-state index < -0.39 is 17.5 Å². The molecule has 1 N–H and O–H groups in total. The lowest BCUT2D eigenvalue weighted by atomic mass is 9.96. The number of hydrogen-bond donors (Lipinski definition) is 1. The van der Waals surface area contributed by atoms with E-state index in [9.17, 15) is 18.3 Å². The first-order valence-corrected chi connectivity index (χ1v) is 9.48. The zero-order valence-corrected chi connectivity index (χ0v) is 15.7. The van der Waals surface area contributed by atoms with Crippen molar-refractivity contribution < 1.29 is 23.0 Å². The van der Waals surface area contributed by atoms with Gasteiger partial charge in [-0.15, -0.1) is 0 Å². The number of fused-ring (bicyclic) bond motifs is 1. The van der Waals surface area contributed by atoms with Crippen LogP contribution in [0.25, 0.3) is 22.4 Å². The Labute approximate surface area is 164 Å². The lowest BCUT2D eigenvalue weighted by molar-refractivity contribution is -0.137. The molecule has 0 radical (unpaired) electrons. The number of halogens is 3. The normalized spacial score (nSPS) is 21.0. The van der Waals surface area contributed by atoms with Crippen LogP contribution in [0.4, 0.5) is 13.2 Å². The van der Waals surface area contributed by atoms with Gasteiger partial charge >= 0.3 is 6.18 Å². The van der Waals surface area contributed by atoms with Gasteiger partial charge in [0.15, 0.2) is 5.65 Å². The summed E-state index contributed by atoms with van der Waals surface area (Å²) in [5, 5.41) is 14.8. The molecule has 2 aromatic heterocycles. The fourth-order valence-electron chi connectivity index (χ4n) is 4.38. The highest BCUT2D eigenvalue weighted by Crippen LogP contribution is 2.62. The molecular formula is C20H19F3N4O2. The first-order chi connectivity index (χ1) is 13.8. The molecular weight excluding hydrogens is 385 g/mol. The highest BCUT2D eigenvalue weighted by molar-refractivity contribution is 5.77. The second-order valence-corrected chi connectivity index (χ2v) is 7.95. The van der Waals surface area contributed by atoms with Crippen molar-refractivity contribution in [2.24, 2.45) is 5.41 Å². The Morgan fingerprint density at radius 1 is 1.24 bits per heavy atom. The molecule has 1 saturated heterocycles. The molecule has 1 spiro atoms. The first kappa shape index (κ1) is 18.4. The maximum absolute atomic E-state index is 13.0. The van der Waals surface area contributed by atoms with Crippen LogP contribution in [0.3, 0.4) is 0 Å². The van der Waals surface area contributed by atoms with Crippen LogP contribution in [0, 0.1) is 12.3 Å². The molecule has 1 aromatic carbocycles. The highest BCUT2D eigenvalue weighted by atomic mass is 19.4. The molecule has 2 fully saturated rings. The molecule has 1 aliphatic carbocycles. The van der Waals surface area contributed by atoms with Gasteiger partial charge in [0.05, 0.1) is 29.7 Å². The Balaban J connectivity index is 1.50. The monoisotopic (exact) mass is 404 g/mol. The predicted octanol–water partition coefficient (Wildman–Crippen LogP) is 4.27. The van der Waals surface area contributed by atoms with Gasteiger partial charge in [0.1, 0.15) is 11.3 Å². The summed E-state index contributed by atoms with van der Waals surface area (Å²) in [7, 11) is 0. The summed E-state index contributed by atoms with van der Waals surface area (Å²) in [6.45, 7) is 3.04. The molecule has 6 nitrogen and oxygen atoms in total. The van der Waals surface area contributed by atoms with E-state index in [0.29, 0.717) is 29.0 Å². The Bertz CT molecular complexity index is 1080. The number of nitrogens with zero attached hydrogens (tertiary/aromatic N) is 4. The second-order valence-electron chi connectivity index (χ2n) is 7.95. The molecule has 0 amide bonds. The molecule has 9 heteroatoms. The van der Waals surface area contributed by atoms with E-state index in [0.717, 1.165) is 38.5 Å². The van der Waals surface area contributed by atoms with E-state index in [1.807, 2.05) is 10.9 Å². The van der Waals surface area contributed by atoms with Crippen molar-refractivity contribution in [2.75, 3.05) is 13.2 Å². The maximum atomic E-state index is 13.0. The SMILES string of the molecule is Cc1cc(C(F)(F)F)cc(O)c1-c1cnc2cn([C@@H]3CC34CCOCC4)nc2n1. The van der Waals surface area contributed by atoms with Crippen molar-refractivity contribution in [1.82, 2.24) is 19.7 Å². The molecule has 3 heterocycles. The zero-order chi connectivity index (χ0) is 20.4. The number of alkyl halides is 3. The molecule has 0 unspecified atom stereocenters. The van der Waals surface area contributed by atoms with Crippen LogP contribution in [0.2, 0.25) is 0 Å². The topological polar surface area (TPSA) is 73.1 Å². The summed E-state index contributed by atoms with van der Waals surface area (Å²) >= 11 is 0. The van der Waals surface area contributed by atoms with Gasteiger partial charge in [-0.2, -0.15) is 18.3 Å². The van der Waals surface area contributed by atoms with Gasteiger partial charge in [0, 0.05) is 18.8 Å². The average Bonchev–Trinajstić information content (AvgIpc) is 3.17. The quantitative estimate of drug-likeness (QED) is 0.691. The number of ether oxygens (including phenoxy) is 1. The maximum Gasteiger partial charge on any atom is 0.416 e. The van der Waals surface area contributed by atoms with Crippen LogP contribution in [0.5, 0.6) is 5.75 Å². The number of benzene rings is 1. The van der Waals surface area contributed by atoms with Gasteiger partial charge in [-0.25, -0.2) is 9.97 Å². The lowest BCUT2D eigenvalue weighted by Gasteiger charge is -2.22. The number of aromatic nitrogens is 4. The van der Waals surface area contributed by atoms with E-state index in [-0.39, 0.29) is 16.5 Å². The van der Waals surface area contributed by atoms with Crippen molar-refractivity contribution in [1.29, 1.82) is 0 Å². The van der Waals surface area contributed by atoms with Crippen LogP contribution in [0.15, 0.2) is 24.5 Å². The van der Waals surface area contributed by atoms with Gasteiger partial charge < -0.3 is 9.84 Å². The molecule has 29 heavy (non-hydrogen) atoms. The van der Waals surface area contributed by atoms with Crippen molar-refractivity contribution in [3.8, 4) is 17.0 Å². The third-order valence-electron chi connectivity index (χ3n) is 6.10. The van der Waals surface area contributed by atoms with Crippen molar-refractivity contribution in [3.05, 3.63) is 35.7 Å². The van der Waals surface area contributed by atoms with E-state index in [4.69, 9.17) is 4.74 Å². The number of phenolic OH excluding ortho intramolecular Hbond substituents is 1. The third kappa shape index (κ3) is 3.04. The van der Waals surface area contributed by atoms with E-state index in [1.165, 1.54) is 13.1 Å². The van der Waals surface area contributed by atoms with E-state index in [2.05, 4.69) is 15.1 Å². The Hall–Kier alpha value is -2.68. The summed E-state index contributed by atoms with van der Waals surface area (Å²) in [5.74, 6) is -0.478. The number of hydrogen-bond acceptors (Lipinski definition) is 5. The van der Waals surface area contributed by atoms with Gasteiger partial charge in [0.25, 0.3) is 0 Å². The second kappa shape index (κ2) is 6.16. The third-order valence-corrected chi connectivity index (χ3v) is 6.10. The number of aryl methyl sites for hydroxylation is 1. The van der Waals surface area contributed by atoms with E-state index in [1.54, 1.807) is 0 Å². The van der Waals surface area contributed by atoms with Crippen LogP contribution < -0.4 is 0 Å². The van der Waals surface area contributed by atoms with Gasteiger partial charge in [-0.05, 0) is 49.3 Å². The minimum atomic E-state index is -4.53. The molecule has 1 aliphatic heterocycles. The van der Waals surface area contributed by atoms with Gasteiger partial charge in [0.2, 0.25) is 0 Å². The highest BCUT2D eigenvalue weighted by Gasteiger charge is 2.56. The predicted molar refractivity (Wildman–Crippen MR) is 98.3 cm³/mol. The van der Waals surface area contributed by atoms with Crippen LogP contribution in [0.1, 0.15) is 36.4 Å². The van der Waals surface area contributed by atoms with Crippen molar-refractivity contribution in [2.45, 2.75) is 38.4 Å². The minimum Gasteiger partial charge on any atom is -0.507 e. The number of aromatic hydroxyl groups is 1. The molecule has 0 bridgehead atoms. The largest absolute Gasteiger partial charge is 0.507 e. The smallest absolute Gasteiger partial charge is 0.416 e. The molecule has 2 aliphatic rings. The molecule has 1 atom stereocenters. The molecule has 5 rings (SSSR count). The Kier molecular flexibility index (Phi) is 3.90. The fraction of sp³-hybridized carbons (Fsp3) is 0.450. The van der Waals surface area contributed by atoms with Crippen molar-refractivity contribution >= 4 is 11.2 Å². The standard InChI is InChI=1S/C20H19F3N4O2/c1-11-6-12(20(21,22)23)7-15(28)17(11)13-9-24-14-10-27(26-18(14)25-13)16-8-19(16)2-4-29-5-3-19/h6-7,9-10,16,28H,2-5,8H2,1H3/t16-/m1/s1. The summed E-state index contributed by atoms with van der Waals surface area (Å²) < 4.78 is 46.3. The van der Waals surface area contributed by atoms with Crippen LogP contribution in [-0.4, -0.2) is 38.1 Å². The van der Waals surface area contributed by atoms with E-state index >= 15 is 0 Å². The van der Waals surface area contributed by atoms with Gasteiger partial charge in [-0.1, -0.05) is 0 Å². The molecule has 152 valence electrons. The minimum absolute atomic E-state index is 0.231.